The Morgan fingerprint density at radius 3 is 2.31 bits per heavy atom. The minimum atomic E-state index is -1.85. The monoisotopic (exact) mass is 542 g/mol. The Kier molecular flexibility index (Phi) is 9.31. The second kappa shape index (κ2) is 11.8. The van der Waals surface area contributed by atoms with Crippen LogP contribution in [-0.2, 0) is 6.54 Å². The molecule has 1 aliphatic rings. The summed E-state index contributed by atoms with van der Waals surface area (Å²) in [6, 6.07) is 7.62. The van der Waals surface area contributed by atoms with Crippen LogP contribution in [0.2, 0.25) is 10.0 Å². The van der Waals surface area contributed by atoms with Gasteiger partial charge < -0.3 is 40.9 Å². The number of halogens is 2. The van der Waals surface area contributed by atoms with E-state index in [-0.39, 0.29) is 17.0 Å². The predicted octanol–water partition coefficient (Wildman–Crippen LogP) is 0.435. The normalized spacial score (nSPS) is 19.2. The lowest BCUT2D eigenvalue weighted by Gasteiger charge is -2.33. The number of carboxylic acids is 1. The van der Waals surface area contributed by atoms with Crippen LogP contribution in [0.4, 0.5) is 0 Å². The molecule has 0 saturated carbocycles. The van der Waals surface area contributed by atoms with Gasteiger partial charge in [0, 0.05) is 41.2 Å². The van der Waals surface area contributed by atoms with Gasteiger partial charge in [0.2, 0.25) is 0 Å². The lowest BCUT2D eigenvalue weighted by Crippen LogP contribution is -2.49. The highest BCUT2D eigenvalue weighted by Gasteiger charge is 2.31. The van der Waals surface area contributed by atoms with Crippen LogP contribution in [0, 0.1) is 0 Å². The highest BCUT2D eigenvalue weighted by molar-refractivity contribution is 6.35. The van der Waals surface area contributed by atoms with Crippen molar-refractivity contribution in [1.29, 1.82) is 0 Å². The molecule has 1 amide bonds. The first-order chi connectivity index (χ1) is 16.9. The molecular weight excluding hydrogens is 515 g/mol. The van der Waals surface area contributed by atoms with Gasteiger partial charge in [0.05, 0.1) is 18.3 Å². The second-order valence-corrected chi connectivity index (χ2v) is 9.71. The number of carboxylic acid groups (broad SMARTS) is 1. The van der Waals surface area contributed by atoms with Crippen LogP contribution in [-0.4, -0.2) is 98.6 Å². The molecule has 12 heteroatoms. The Bertz CT molecular complexity index is 1130. The molecule has 5 unspecified atom stereocenters. The maximum absolute atomic E-state index is 12.9. The van der Waals surface area contributed by atoms with Gasteiger partial charge in [-0.15, -0.1) is 0 Å². The van der Waals surface area contributed by atoms with Gasteiger partial charge in [0.15, 0.2) is 0 Å². The van der Waals surface area contributed by atoms with Crippen LogP contribution in [0.1, 0.15) is 43.3 Å². The number of aromatic carboxylic acids is 1. The molecule has 0 aromatic heterocycles. The molecule has 0 radical (unpaired) electrons. The molecule has 0 bridgehead atoms. The summed E-state index contributed by atoms with van der Waals surface area (Å²) < 4.78 is 0. The molecule has 0 spiro atoms. The third-order valence-electron chi connectivity index (χ3n) is 6.16. The predicted molar refractivity (Wildman–Crippen MR) is 131 cm³/mol. The van der Waals surface area contributed by atoms with Gasteiger partial charge in [-0.25, -0.2) is 4.79 Å². The molecule has 0 aliphatic carbocycles. The number of carbonyl (C=O) groups is 2. The highest BCUT2D eigenvalue weighted by atomic mass is 35.5. The van der Waals surface area contributed by atoms with Crippen LogP contribution in [0.5, 0.6) is 0 Å². The van der Waals surface area contributed by atoms with Crippen molar-refractivity contribution in [1.82, 2.24) is 10.2 Å². The van der Waals surface area contributed by atoms with Crippen LogP contribution in [0.15, 0.2) is 30.3 Å². The van der Waals surface area contributed by atoms with E-state index in [0.29, 0.717) is 28.7 Å². The van der Waals surface area contributed by atoms with Gasteiger partial charge in [-0.2, -0.15) is 0 Å². The first-order valence-corrected chi connectivity index (χ1v) is 11.8. The number of likely N-dealkylation sites (N-methyl/N-ethyl adjacent to an activating group) is 1. The molecule has 7 N–H and O–H groups in total. The summed E-state index contributed by atoms with van der Waals surface area (Å²) in [7, 11) is 1.89. The highest BCUT2D eigenvalue weighted by Crippen LogP contribution is 2.39. The largest absolute Gasteiger partial charge is 0.478 e. The van der Waals surface area contributed by atoms with Crippen molar-refractivity contribution in [2.45, 2.75) is 36.9 Å². The van der Waals surface area contributed by atoms with Crippen LogP contribution < -0.4 is 5.32 Å². The summed E-state index contributed by atoms with van der Waals surface area (Å²) in [4.78, 5) is 26.7. The second-order valence-electron chi connectivity index (χ2n) is 8.86. The first-order valence-electron chi connectivity index (χ1n) is 11.1. The molecule has 3 rings (SSSR count). The number of hydrogen-bond donors (Lipinski definition) is 7. The number of aliphatic hydroxyl groups excluding tert-OH is 5. The van der Waals surface area contributed by atoms with Crippen molar-refractivity contribution in [3.63, 3.8) is 0 Å². The summed E-state index contributed by atoms with van der Waals surface area (Å²) in [5.41, 5.74) is 2.11. The SMILES string of the molecule is CN1Cc2c(Cl)cc(Cl)cc2C(c2cc(C(=O)O)cc(C(=O)NCC(O)C(O)C(O)C(O)CO)c2)C1. The maximum Gasteiger partial charge on any atom is 0.335 e. The lowest BCUT2D eigenvalue weighted by atomic mass is 9.83. The number of nitrogens with zero attached hydrogens (tertiary/aromatic N) is 1. The van der Waals surface area contributed by atoms with E-state index < -0.39 is 49.4 Å². The van der Waals surface area contributed by atoms with Crippen molar-refractivity contribution in [2.24, 2.45) is 0 Å². The minimum absolute atomic E-state index is 0.00503. The molecule has 196 valence electrons. The molecule has 5 atom stereocenters. The van der Waals surface area contributed by atoms with Crippen molar-refractivity contribution in [2.75, 3.05) is 26.7 Å². The summed E-state index contributed by atoms with van der Waals surface area (Å²) in [6.07, 6.45) is -7.04. The Balaban J connectivity index is 1.89. The van der Waals surface area contributed by atoms with Gasteiger partial charge in [0.1, 0.15) is 18.3 Å². The molecule has 36 heavy (non-hydrogen) atoms. The minimum Gasteiger partial charge on any atom is -0.478 e. The molecule has 1 aliphatic heterocycles. The van der Waals surface area contributed by atoms with Crippen molar-refractivity contribution < 1.29 is 40.2 Å². The molecule has 1 heterocycles. The fourth-order valence-corrected chi connectivity index (χ4v) is 4.79. The van der Waals surface area contributed by atoms with Crippen LogP contribution in [0.3, 0.4) is 0 Å². The number of carbonyl (C=O) groups excluding carboxylic acids is 1. The summed E-state index contributed by atoms with van der Waals surface area (Å²) in [5.74, 6) is -2.30. The molecular formula is C24H28Cl2N2O8. The van der Waals surface area contributed by atoms with Crippen molar-refractivity contribution >= 4 is 35.1 Å². The van der Waals surface area contributed by atoms with Gasteiger partial charge in [-0.3, -0.25) is 4.79 Å². The number of hydrogen-bond acceptors (Lipinski definition) is 8. The van der Waals surface area contributed by atoms with Gasteiger partial charge in [-0.1, -0.05) is 23.2 Å². The smallest absolute Gasteiger partial charge is 0.335 e. The Labute approximate surface area is 217 Å². The first kappa shape index (κ1) is 28.3. The van der Waals surface area contributed by atoms with Gasteiger partial charge in [-0.05, 0) is 54.1 Å². The average molecular weight is 543 g/mol. The molecule has 2 aromatic rings. The number of rotatable bonds is 9. The third kappa shape index (κ3) is 6.34. The summed E-state index contributed by atoms with van der Waals surface area (Å²) in [5, 5.41) is 61.0. The third-order valence-corrected chi connectivity index (χ3v) is 6.71. The van der Waals surface area contributed by atoms with E-state index in [0.717, 1.165) is 11.1 Å². The fraction of sp³-hybridized carbons (Fsp3) is 0.417. The molecule has 0 fully saturated rings. The topological polar surface area (TPSA) is 171 Å². The number of aliphatic hydroxyl groups is 5. The van der Waals surface area contributed by atoms with Crippen molar-refractivity contribution in [3.05, 3.63) is 68.2 Å². The van der Waals surface area contributed by atoms with E-state index in [9.17, 15) is 35.1 Å². The number of amides is 1. The quantitative estimate of drug-likeness (QED) is 0.237. The Hall–Kier alpha value is -2.28. The maximum atomic E-state index is 12.9. The Morgan fingerprint density at radius 1 is 1.03 bits per heavy atom. The van der Waals surface area contributed by atoms with Crippen molar-refractivity contribution in [3.8, 4) is 0 Å². The zero-order valence-electron chi connectivity index (χ0n) is 19.3. The van der Waals surface area contributed by atoms with E-state index in [4.69, 9.17) is 28.3 Å². The van der Waals surface area contributed by atoms with E-state index >= 15 is 0 Å². The van der Waals surface area contributed by atoms with E-state index in [1.165, 1.54) is 18.2 Å². The zero-order valence-corrected chi connectivity index (χ0v) is 20.8. The molecule has 2 aromatic carbocycles. The van der Waals surface area contributed by atoms with E-state index in [1.807, 2.05) is 11.9 Å². The van der Waals surface area contributed by atoms with Gasteiger partial charge >= 0.3 is 5.97 Å². The van der Waals surface area contributed by atoms with Gasteiger partial charge in [0.25, 0.3) is 5.91 Å². The number of nitrogens with one attached hydrogen (secondary N) is 1. The lowest BCUT2D eigenvalue weighted by molar-refractivity contribution is -0.113. The number of fused-ring (bicyclic) bond motifs is 1. The standard InChI is InChI=1S/C24H28Cl2N2O8/c1-28-8-16(15-5-14(25)6-18(26)17(15)9-28)11-2-12(4-13(3-11)24(35)36)23(34)27-7-19(30)21(32)22(33)20(31)10-29/h2-6,16,19-22,29-33H,7-10H2,1H3,(H,27,34)(H,35,36). The zero-order chi connectivity index (χ0) is 26.7. The van der Waals surface area contributed by atoms with E-state index in [1.54, 1.807) is 12.1 Å². The van der Waals surface area contributed by atoms with Crippen LogP contribution in [0.25, 0.3) is 0 Å². The fourth-order valence-electron chi connectivity index (χ4n) is 4.22. The molecule has 0 saturated heterocycles. The average Bonchev–Trinajstić information content (AvgIpc) is 2.85. The number of benzene rings is 2. The Morgan fingerprint density at radius 2 is 1.67 bits per heavy atom. The van der Waals surface area contributed by atoms with Crippen LogP contribution >= 0.6 is 23.2 Å². The summed E-state index contributed by atoms with van der Waals surface area (Å²) >= 11 is 12.6. The molecule has 10 nitrogen and oxygen atoms in total. The summed E-state index contributed by atoms with van der Waals surface area (Å²) in [6.45, 7) is -0.255. The van der Waals surface area contributed by atoms with E-state index in [2.05, 4.69) is 5.32 Å².